The Balaban J connectivity index is 0.000000356. The lowest BCUT2D eigenvalue weighted by molar-refractivity contribution is 0.136. The van der Waals surface area contributed by atoms with E-state index in [1.54, 1.807) is 18.2 Å². The van der Waals surface area contributed by atoms with Gasteiger partial charge < -0.3 is 4.84 Å². The highest BCUT2D eigenvalue weighted by molar-refractivity contribution is 5.23. The minimum atomic E-state index is 0.621. The number of nitrogens with two attached hydrogens (primary N) is 1. The van der Waals surface area contributed by atoms with Crippen molar-refractivity contribution in [3.05, 3.63) is 67.2 Å². The van der Waals surface area contributed by atoms with Crippen molar-refractivity contribution < 1.29 is 9.25 Å². The van der Waals surface area contributed by atoms with Gasteiger partial charge in [0.05, 0.1) is 30.4 Å². The second-order valence-electron chi connectivity index (χ2n) is 3.37. The fraction of sp³-hybridized carbons (Fsp3) is 0.200. The standard InChI is InChI=1S/C9H15NO.C6H4NO/c1-2-3-4-5-6-7-8-9-11-10;7-5-6-1-3-8-4-2-6/h2-6H,1,7-10H2;1-4H/q;+1/b4-3-,6-5+;. The van der Waals surface area contributed by atoms with Crippen LogP contribution in [-0.4, -0.2) is 6.61 Å². The van der Waals surface area contributed by atoms with E-state index in [0.29, 0.717) is 12.2 Å². The van der Waals surface area contributed by atoms with Gasteiger partial charge in [-0.05, 0) is 12.8 Å². The van der Waals surface area contributed by atoms with Gasteiger partial charge in [-0.25, -0.2) is 10.3 Å². The van der Waals surface area contributed by atoms with E-state index in [1.165, 1.54) is 12.5 Å². The zero-order valence-electron chi connectivity index (χ0n) is 10.9. The summed E-state index contributed by atoms with van der Waals surface area (Å²) in [6.07, 6.45) is 14.5. The first-order valence-corrected chi connectivity index (χ1v) is 5.86. The fourth-order valence-corrected chi connectivity index (χ4v) is 1.00. The molecular weight excluding hydrogens is 240 g/mol. The van der Waals surface area contributed by atoms with E-state index in [1.807, 2.05) is 24.3 Å². The molecule has 0 aliphatic carbocycles. The summed E-state index contributed by atoms with van der Waals surface area (Å²) in [5, 5.41) is 8.25. The van der Waals surface area contributed by atoms with Crippen molar-refractivity contribution >= 4 is 0 Å². The summed E-state index contributed by atoms with van der Waals surface area (Å²) in [4.78, 5) is 4.40. The molecule has 0 unspecified atom stereocenters. The van der Waals surface area contributed by atoms with Crippen LogP contribution in [0.3, 0.4) is 0 Å². The molecule has 0 amide bonds. The Morgan fingerprint density at radius 2 is 2.05 bits per heavy atom. The lowest BCUT2D eigenvalue weighted by Gasteiger charge is -1.91. The number of nitrogens with zero attached hydrogens (tertiary/aromatic N) is 1. The Labute approximate surface area is 114 Å². The largest absolute Gasteiger partial charge is 0.319 e. The average molecular weight is 259 g/mol. The highest BCUT2D eigenvalue weighted by Gasteiger charge is 1.89. The molecule has 0 aromatic carbocycles. The Morgan fingerprint density at radius 3 is 2.58 bits per heavy atom. The van der Waals surface area contributed by atoms with Crippen molar-refractivity contribution in [1.29, 1.82) is 5.26 Å². The van der Waals surface area contributed by atoms with Crippen LogP contribution in [0.4, 0.5) is 0 Å². The van der Waals surface area contributed by atoms with Gasteiger partial charge in [0.2, 0.25) is 0 Å². The van der Waals surface area contributed by atoms with E-state index in [2.05, 4.69) is 21.9 Å². The summed E-state index contributed by atoms with van der Waals surface area (Å²) in [5.74, 6) is 4.84. The molecule has 1 rings (SSSR count). The van der Waals surface area contributed by atoms with E-state index in [0.717, 1.165) is 12.8 Å². The van der Waals surface area contributed by atoms with Crippen LogP contribution in [0.15, 0.2) is 66.0 Å². The van der Waals surface area contributed by atoms with Crippen molar-refractivity contribution in [3.63, 3.8) is 0 Å². The number of hydrogen-bond donors (Lipinski definition) is 1. The van der Waals surface area contributed by atoms with Crippen molar-refractivity contribution in [2.45, 2.75) is 12.8 Å². The molecule has 0 fully saturated rings. The summed E-state index contributed by atoms with van der Waals surface area (Å²) in [6.45, 7) is 4.17. The lowest BCUT2D eigenvalue weighted by Crippen LogP contribution is -1.99. The zero-order chi connectivity index (χ0) is 14.2. The topological polar surface area (TPSA) is 70.3 Å². The molecular formula is C15H19N2O2+. The third-order valence-electron chi connectivity index (χ3n) is 1.91. The molecule has 1 aromatic rings. The first-order valence-electron chi connectivity index (χ1n) is 5.86. The van der Waals surface area contributed by atoms with E-state index < -0.39 is 0 Å². The Hall–Kier alpha value is -2.22. The van der Waals surface area contributed by atoms with Gasteiger partial charge in [-0.1, -0.05) is 37.0 Å². The summed E-state index contributed by atoms with van der Waals surface area (Å²) in [5.41, 5.74) is 0.622. The highest BCUT2D eigenvalue weighted by atomic mass is 16.6. The molecule has 19 heavy (non-hydrogen) atoms. The summed E-state index contributed by atoms with van der Waals surface area (Å²) in [7, 11) is 0. The van der Waals surface area contributed by atoms with Crippen LogP contribution in [-0.2, 0) is 4.84 Å². The van der Waals surface area contributed by atoms with E-state index in [-0.39, 0.29) is 0 Å². The van der Waals surface area contributed by atoms with Crippen LogP contribution in [0.2, 0.25) is 0 Å². The molecule has 4 heteroatoms. The first-order chi connectivity index (χ1) is 9.35. The van der Waals surface area contributed by atoms with E-state index in [4.69, 9.17) is 11.2 Å². The van der Waals surface area contributed by atoms with Crippen molar-refractivity contribution in [2.75, 3.05) is 6.61 Å². The number of allylic oxidation sites excluding steroid dienone is 5. The molecule has 0 atom stereocenters. The molecule has 1 heterocycles. The minimum absolute atomic E-state index is 0.621. The Morgan fingerprint density at radius 1 is 1.32 bits per heavy atom. The average Bonchev–Trinajstić information content (AvgIpc) is 2.48. The molecule has 1 aromatic heterocycles. The van der Waals surface area contributed by atoms with Crippen molar-refractivity contribution in [2.24, 2.45) is 5.90 Å². The number of rotatable bonds is 6. The van der Waals surface area contributed by atoms with Crippen molar-refractivity contribution in [3.8, 4) is 6.07 Å². The second kappa shape index (κ2) is 13.8. The van der Waals surface area contributed by atoms with E-state index >= 15 is 0 Å². The maximum atomic E-state index is 8.25. The summed E-state index contributed by atoms with van der Waals surface area (Å²) in [6, 6.07) is 5.19. The third-order valence-corrected chi connectivity index (χ3v) is 1.91. The quantitative estimate of drug-likeness (QED) is 0.368. The molecule has 100 valence electrons. The molecule has 0 aliphatic heterocycles. The molecule has 0 spiro atoms. The summed E-state index contributed by atoms with van der Waals surface area (Å²) < 4.78 is 4.67. The maximum Gasteiger partial charge on any atom is 0.319 e. The van der Waals surface area contributed by atoms with Gasteiger partial charge in [0.25, 0.3) is 0 Å². The lowest BCUT2D eigenvalue weighted by atomic mass is 10.3. The minimum Gasteiger partial charge on any atom is -0.305 e. The SMILES string of the molecule is C=C/C=C\C=C\CCCON.N#Cc1cc[o+]cc1. The summed E-state index contributed by atoms with van der Waals surface area (Å²) >= 11 is 0. The molecule has 4 nitrogen and oxygen atoms in total. The highest BCUT2D eigenvalue weighted by Crippen LogP contribution is 1.93. The Kier molecular flexibility index (Phi) is 12.2. The number of unbranched alkanes of at least 4 members (excludes halogenated alkanes) is 1. The molecule has 0 aliphatic rings. The van der Waals surface area contributed by atoms with Gasteiger partial charge in [0.1, 0.15) is 0 Å². The maximum absolute atomic E-state index is 8.25. The van der Waals surface area contributed by atoms with Gasteiger partial charge in [-0.3, -0.25) is 0 Å². The van der Waals surface area contributed by atoms with Gasteiger partial charge in [-0.15, -0.1) is 0 Å². The van der Waals surface area contributed by atoms with Gasteiger partial charge in [-0.2, -0.15) is 5.26 Å². The fourth-order valence-electron chi connectivity index (χ4n) is 1.00. The van der Waals surface area contributed by atoms with Crippen LogP contribution < -0.4 is 5.90 Å². The third kappa shape index (κ3) is 12.0. The molecule has 0 saturated carbocycles. The first kappa shape index (κ1) is 16.8. The predicted octanol–water partition coefficient (Wildman–Crippen LogP) is 3.39. The number of hydrogen-bond acceptors (Lipinski definition) is 3. The zero-order valence-corrected chi connectivity index (χ0v) is 10.9. The predicted molar refractivity (Wildman–Crippen MR) is 75.7 cm³/mol. The van der Waals surface area contributed by atoms with Gasteiger partial charge in [0, 0.05) is 0 Å². The number of nitriles is 1. The van der Waals surface area contributed by atoms with Gasteiger partial charge >= 0.3 is 12.5 Å². The Bertz CT molecular complexity index is 420. The molecule has 0 radical (unpaired) electrons. The van der Waals surface area contributed by atoms with Crippen LogP contribution in [0.1, 0.15) is 18.4 Å². The van der Waals surface area contributed by atoms with Crippen molar-refractivity contribution in [1.82, 2.24) is 0 Å². The van der Waals surface area contributed by atoms with Gasteiger partial charge in [0.15, 0.2) is 0 Å². The van der Waals surface area contributed by atoms with Crippen LogP contribution >= 0.6 is 0 Å². The normalized spacial score (nSPS) is 9.89. The monoisotopic (exact) mass is 259 g/mol. The van der Waals surface area contributed by atoms with Crippen LogP contribution in [0, 0.1) is 11.3 Å². The second-order valence-corrected chi connectivity index (χ2v) is 3.37. The smallest absolute Gasteiger partial charge is 0.305 e. The van der Waals surface area contributed by atoms with Crippen LogP contribution in [0.25, 0.3) is 0 Å². The van der Waals surface area contributed by atoms with E-state index in [9.17, 15) is 0 Å². The molecule has 0 bridgehead atoms. The van der Waals surface area contributed by atoms with Crippen LogP contribution in [0.5, 0.6) is 0 Å². The molecule has 0 saturated heterocycles. The molecule has 2 N–H and O–H groups in total.